The van der Waals surface area contributed by atoms with Crippen molar-refractivity contribution in [1.82, 2.24) is 34.3 Å². The molecule has 10 nitrogen and oxygen atoms in total. The highest BCUT2D eigenvalue weighted by Crippen LogP contribution is 2.43. The third-order valence-corrected chi connectivity index (χ3v) is 10.1. The summed E-state index contributed by atoms with van der Waals surface area (Å²) in [5.74, 6) is 1.83. The fourth-order valence-corrected chi connectivity index (χ4v) is 6.75. The fourth-order valence-electron chi connectivity index (χ4n) is 6.00. The van der Waals surface area contributed by atoms with Crippen LogP contribution in [0.15, 0.2) is 79.3 Å². The Morgan fingerprint density at radius 3 is 2.49 bits per heavy atom. The zero-order chi connectivity index (χ0) is 32.4. The molecule has 0 radical (unpaired) electrons. The third-order valence-electron chi connectivity index (χ3n) is 8.44. The standard InChI is InChI=1S/C36H40N8O2Si/c1-45-36-32(27-15-16-28-29(23-27)38-19-18-37-28)34(39-30-17-20-43(41-30)24-46-21-22-47(2,3)4)40-35-31(25-11-7-5-8-12-25)33(42-44(35)36)26-13-9-6-10-14-26/h6,9-11,13-20,23H,5,7-8,12,21-22,24H2,1-4H3,(H,39,40,41). The zero-order valence-electron chi connectivity index (χ0n) is 27.4. The lowest BCUT2D eigenvalue weighted by Crippen LogP contribution is -2.22. The third kappa shape index (κ3) is 6.54. The van der Waals surface area contributed by atoms with Gasteiger partial charge in [0.05, 0.1) is 29.3 Å². The minimum Gasteiger partial charge on any atom is -0.480 e. The van der Waals surface area contributed by atoms with Crippen LogP contribution in [0.1, 0.15) is 31.2 Å². The van der Waals surface area contributed by atoms with E-state index in [9.17, 15) is 0 Å². The summed E-state index contributed by atoms with van der Waals surface area (Å²) in [7, 11) is 0.507. The molecule has 240 valence electrons. The van der Waals surface area contributed by atoms with Gasteiger partial charge in [0.1, 0.15) is 18.2 Å². The van der Waals surface area contributed by atoms with Crippen LogP contribution in [0.3, 0.4) is 0 Å². The van der Waals surface area contributed by atoms with E-state index in [0.717, 1.165) is 76.5 Å². The van der Waals surface area contributed by atoms with Gasteiger partial charge in [-0.15, -0.1) is 0 Å². The van der Waals surface area contributed by atoms with Crippen molar-refractivity contribution in [3.05, 3.63) is 84.8 Å². The molecular formula is C36H40N8O2Si. The number of anilines is 2. The second kappa shape index (κ2) is 13.1. The lowest BCUT2D eigenvalue weighted by atomic mass is 9.92. The second-order valence-corrected chi connectivity index (χ2v) is 18.7. The van der Waals surface area contributed by atoms with Crippen LogP contribution in [-0.2, 0) is 11.5 Å². The topological polar surface area (TPSA) is 104 Å². The number of nitrogens with zero attached hydrogens (tertiary/aromatic N) is 7. The summed E-state index contributed by atoms with van der Waals surface area (Å²) in [6, 6.07) is 19.4. The van der Waals surface area contributed by atoms with E-state index in [1.807, 2.05) is 53.2 Å². The number of methoxy groups -OCH3 is 1. The van der Waals surface area contributed by atoms with E-state index < -0.39 is 8.07 Å². The molecule has 0 aliphatic heterocycles. The van der Waals surface area contributed by atoms with E-state index in [1.54, 1.807) is 24.2 Å². The molecule has 1 aliphatic carbocycles. The normalized spacial score (nSPS) is 13.7. The quantitative estimate of drug-likeness (QED) is 0.111. The van der Waals surface area contributed by atoms with Crippen molar-refractivity contribution in [3.63, 3.8) is 0 Å². The predicted molar refractivity (Wildman–Crippen MR) is 190 cm³/mol. The summed E-state index contributed by atoms with van der Waals surface area (Å²) >= 11 is 0. The first-order valence-corrected chi connectivity index (χ1v) is 19.9. The van der Waals surface area contributed by atoms with Gasteiger partial charge in [-0.1, -0.05) is 62.1 Å². The molecule has 0 fully saturated rings. The van der Waals surface area contributed by atoms with Crippen molar-refractivity contribution in [2.75, 3.05) is 19.0 Å². The molecule has 2 aromatic carbocycles. The molecule has 0 atom stereocenters. The van der Waals surface area contributed by atoms with E-state index in [0.29, 0.717) is 24.2 Å². The molecule has 0 saturated carbocycles. The highest BCUT2D eigenvalue weighted by molar-refractivity contribution is 6.76. The number of ether oxygens (including phenoxy) is 2. The van der Waals surface area contributed by atoms with Crippen LogP contribution >= 0.6 is 0 Å². The van der Waals surface area contributed by atoms with Crippen LogP contribution in [0.2, 0.25) is 25.7 Å². The molecule has 47 heavy (non-hydrogen) atoms. The van der Waals surface area contributed by atoms with E-state index in [2.05, 4.69) is 53.1 Å². The number of allylic oxidation sites excluding steroid dienone is 2. The maximum absolute atomic E-state index is 6.22. The van der Waals surface area contributed by atoms with Crippen LogP contribution in [0.5, 0.6) is 5.88 Å². The summed E-state index contributed by atoms with van der Waals surface area (Å²) in [6.07, 6.45) is 12.0. The fraction of sp³-hybridized carbons (Fsp3) is 0.306. The van der Waals surface area contributed by atoms with Gasteiger partial charge >= 0.3 is 0 Å². The van der Waals surface area contributed by atoms with Crippen LogP contribution < -0.4 is 10.1 Å². The highest BCUT2D eigenvalue weighted by atomic mass is 28.3. The van der Waals surface area contributed by atoms with Crippen LogP contribution in [0.25, 0.3) is 44.6 Å². The zero-order valence-corrected chi connectivity index (χ0v) is 28.4. The first-order valence-electron chi connectivity index (χ1n) is 16.2. The Hall–Kier alpha value is -4.87. The molecule has 0 saturated heterocycles. The van der Waals surface area contributed by atoms with Crippen molar-refractivity contribution < 1.29 is 9.47 Å². The number of hydrogen-bond acceptors (Lipinski definition) is 8. The average molecular weight is 645 g/mol. The van der Waals surface area contributed by atoms with Gasteiger partial charge in [-0.2, -0.15) is 14.7 Å². The number of rotatable bonds is 11. The van der Waals surface area contributed by atoms with E-state index in [4.69, 9.17) is 24.7 Å². The molecule has 1 N–H and O–H groups in total. The van der Waals surface area contributed by atoms with Gasteiger partial charge in [0.15, 0.2) is 11.5 Å². The minimum atomic E-state index is -1.17. The molecule has 0 unspecified atom stereocenters. The molecule has 1 aliphatic rings. The number of nitrogens with one attached hydrogen (secondary N) is 1. The van der Waals surface area contributed by atoms with Crippen LogP contribution in [-0.4, -0.2) is 56.1 Å². The Kier molecular flexibility index (Phi) is 8.57. The average Bonchev–Trinajstić information content (AvgIpc) is 3.70. The molecule has 6 aromatic rings. The van der Waals surface area contributed by atoms with Crippen molar-refractivity contribution in [1.29, 1.82) is 0 Å². The monoisotopic (exact) mass is 644 g/mol. The van der Waals surface area contributed by atoms with Crippen molar-refractivity contribution in [2.45, 2.75) is 58.1 Å². The minimum absolute atomic E-state index is 0.388. The first-order chi connectivity index (χ1) is 22.9. The SMILES string of the molecule is COc1c(-c2ccc3nccnc3c2)c(Nc2ccn(COCC[Si](C)(C)C)n2)nc2c(C3=CCCCC3)c(-c3ccccc3)nn12. The maximum Gasteiger partial charge on any atom is 0.228 e. The van der Waals surface area contributed by atoms with E-state index in [-0.39, 0.29) is 0 Å². The maximum atomic E-state index is 6.22. The van der Waals surface area contributed by atoms with Gasteiger partial charge in [-0.05, 0) is 55.0 Å². The summed E-state index contributed by atoms with van der Waals surface area (Å²) in [5, 5.41) is 13.5. The van der Waals surface area contributed by atoms with Crippen LogP contribution in [0.4, 0.5) is 11.6 Å². The molecular weight excluding hydrogens is 605 g/mol. The number of fused-ring (bicyclic) bond motifs is 2. The highest BCUT2D eigenvalue weighted by Gasteiger charge is 2.27. The number of hydrogen-bond donors (Lipinski definition) is 1. The molecule has 11 heteroatoms. The Morgan fingerprint density at radius 2 is 1.72 bits per heavy atom. The van der Waals surface area contributed by atoms with E-state index in [1.165, 1.54) is 12.0 Å². The van der Waals surface area contributed by atoms with Gasteiger partial charge in [-0.25, -0.2) is 9.67 Å². The summed E-state index contributed by atoms with van der Waals surface area (Å²) in [6.45, 7) is 8.17. The molecule has 0 spiro atoms. The Labute approximate surface area is 275 Å². The predicted octanol–water partition coefficient (Wildman–Crippen LogP) is 8.22. The Morgan fingerprint density at radius 1 is 0.894 bits per heavy atom. The van der Waals surface area contributed by atoms with Crippen molar-refractivity contribution >= 4 is 42.0 Å². The van der Waals surface area contributed by atoms with Gasteiger partial charge in [0.25, 0.3) is 0 Å². The second-order valence-electron chi connectivity index (χ2n) is 13.1. The molecule has 0 bridgehead atoms. The first kappa shape index (κ1) is 30.8. The van der Waals surface area contributed by atoms with Crippen molar-refractivity contribution in [2.24, 2.45) is 0 Å². The van der Waals surface area contributed by atoms with Crippen molar-refractivity contribution in [3.8, 4) is 28.3 Å². The largest absolute Gasteiger partial charge is 0.480 e. The lowest BCUT2D eigenvalue weighted by Gasteiger charge is -2.17. The van der Waals surface area contributed by atoms with E-state index >= 15 is 0 Å². The van der Waals surface area contributed by atoms with Gasteiger partial charge in [0.2, 0.25) is 5.88 Å². The Balaban J connectivity index is 1.38. The Bertz CT molecular complexity index is 2060. The van der Waals surface area contributed by atoms with Gasteiger partial charge in [0, 0.05) is 44.9 Å². The van der Waals surface area contributed by atoms with Crippen LogP contribution in [0, 0.1) is 0 Å². The number of aromatic nitrogens is 7. The molecule has 4 heterocycles. The van der Waals surface area contributed by atoms with Gasteiger partial charge in [-0.3, -0.25) is 9.97 Å². The summed E-state index contributed by atoms with van der Waals surface area (Å²) < 4.78 is 15.8. The molecule has 0 amide bonds. The summed E-state index contributed by atoms with van der Waals surface area (Å²) in [5.41, 5.74) is 8.15. The molecule has 7 rings (SSSR count). The summed E-state index contributed by atoms with van der Waals surface area (Å²) in [4.78, 5) is 14.4. The number of benzene rings is 2. The molecule has 4 aromatic heterocycles. The lowest BCUT2D eigenvalue weighted by molar-refractivity contribution is 0.0788. The van der Waals surface area contributed by atoms with Gasteiger partial charge < -0.3 is 14.8 Å². The smallest absolute Gasteiger partial charge is 0.228 e.